The fourth-order valence-corrected chi connectivity index (χ4v) is 1.62. The molecule has 0 saturated carbocycles. The summed E-state index contributed by atoms with van der Waals surface area (Å²) in [5.74, 6) is 1.38. The molecule has 1 aliphatic rings. The lowest BCUT2D eigenvalue weighted by molar-refractivity contribution is 0.534. The third-order valence-corrected chi connectivity index (χ3v) is 2.16. The molecule has 0 amide bonds. The van der Waals surface area contributed by atoms with Gasteiger partial charge in [-0.2, -0.15) is 0 Å². The van der Waals surface area contributed by atoms with Gasteiger partial charge in [0.2, 0.25) is 0 Å². The molecule has 0 saturated heterocycles. The van der Waals surface area contributed by atoms with Crippen LogP contribution in [-0.4, -0.2) is 0 Å². The van der Waals surface area contributed by atoms with Crippen LogP contribution < -0.4 is 0 Å². The highest BCUT2D eigenvalue weighted by Gasteiger charge is 2.19. The predicted octanol–water partition coefficient (Wildman–Crippen LogP) is 3.16. The van der Waals surface area contributed by atoms with E-state index in [2.05, 4.69) is 33.4 Å². The van der Waals surface area contributed by atoms with Crippen LogP contribution in [0.3, 0.4) is 0 Å². The lowest BCUT2D eigenvalue weighted by Gasteiger charge is -2.13. The van der Waals surface area contributed by atoms with E-state index in [1.54, 1.807) is 0 Å². The quantitative estimate of drug-likeness (QED) is 0.486. The van der Waals surface area contributed by atoms with Crippen LogP contribution in [0.1, 0.15) is 27.2 Å². The van der Waals surface area contributed by atoms with E-state index in [0.29, 0.717) is 5.92 Å². The molecule has 10 heavy (non-hydrogen) atoms. The summed E-state index contributed by atoms with van der Waals surface area (Å²) in [6.07, 6.45) is 3.48. The molecule has 0 aromatic carbocycles. The predicted molar refractivity (Wildman–Crippen MR) is 45.8 cm³/mol. The third kappa shape index (κ3) is 1.31. The van der Waals surface area contributed by atoms with E-state index < -0.39 is 0 Å². The summed E-state index contributed by atoms with van der Waals surface area (Å²) in [6.45, 7) is 10.8. The highest BCUT2D eigenvalue weighted by molar-refractivity contribution is 5.27. The van der Waals surface area contributed by atoms with Crippen LogP contribution in [0, 0.1) is 11.8 Å². The molecule has 0 aromatic heterocycles. The first kappa shape index (κ1) is 7.59. The molecule has 1 rings (SSSR count). The molecule has 0 aliphatic heterocycles. The first-order valence-corrected chi connectivity index (χ1v) is 3.96. The average molecular weight is 136 g/mol. The van der Waals surface area contributed by atoms with Gasteiger partial charge in [-0.25, -0.2) is 0 Å². The van der Waals surface area contributed by atoms with Gasteiger partial charge in [-0.1, -0.05) is 37.6 Å². The fourth-order valence-electron chi connectivity index (χ4n) is 1.62. The van der Waals surface area contributed by atoms with Crippen molar-refractivity contribution in [2.45, 2.75) is 27.2 Å². The molecule has 0 N–H and O–H groups in total. The van der Waals surface area contributed by atoms with Crippen LogP contribution >= 0.6 is 0 Å². The second-order valence-corrected chi connectivity index (χ2v) is 3.62. The number of allylic oxidation sites excluding steroid dienone is 3. The number of hydrogen-bond donors (Lipinski definition) is 0. The Labute approximate surface area is 63.6 Å². The molecule has 0 bridgehead atoms. The summed E-state index contributed by atoms with van der Waals surface area (Å²) in [6, 6.07) is 0. The van der Waals surface area contributed by atoms with Gasteiger partial charge in [0.1, 0.15) is 0 Å². The summed E-state index contributed by atoms with van der Waals surface area (Å²) in [7, 11) is 0. The normalized spacial score (nSPS) is 25.8. The van der Waals surface area contributed by atoms with Gasteiger partial charge in [0, 0.05) is 5.92 Å². The lowest BCUT2D eigenvalue weighted by Crippen LogP contribution is -2.03. The van der Waals surface area contributed by atoms with Crippen molar-refractivity contribution >= 4 is 0 Å². The molecule has 0 radical (unpaired) electrons. The van der Waals surface area contributed by atoms with Gasteiger partial charge in [-0.3, -0.25) is 0 Å². The summed E-state index contributed by atoms with van der Waals surface area (Å²) >= 11 is 0. The zero-order valence-corrected chi connectivity index (χ0v) is 7.15. The molecule has 0 aromatic rings. The Bertz CT molecular complexity index is 172. The van der Waals surface area contributed by atoms with E-state index in [1.165, 1.54) is 11.1 Å². The minimum atomic E-state index is 0.653. The monoisotopic (exact) mass is 136 g/mol. The number of rotatable bonds is 1. The third-order valence-electron chi connectivity index (χ3n) is 2.16. The molecular formula is C10H16. The Hall–Kier alpha value is -0.520. The van der Waals surface area contributed by atoms with Crippen LogP contribution in [-0.2, 0) is 0 Å². The van der Waals surface area contributed by atoms with Gasteiger partial charge in [-0.15, -0.1) is 0 Å². The maximum Gasteiger partial charge on any atom is 0.000296 e. The van der Waals surface area contributed by atoms with Crippen LogP contribution in [0.15, 0.2) is 23.8 Å². The highest BCUT2D eigenvalue weighted by Crippen LogP contribution is 2.33. The molecule has 0 nitrogen and oxygen atoms in total. The second kappa shape index (κ2) is 2.61. The summed E-state index contributed by atoms with van der Waals surface area (Å²) < 4.78 is 0. The Morgan fingerprint density at radius 3 is 2.40 bits per heavy atom. The maximum absolute atomic E-state index is 4.06. The van der Waals surface area contributed by atoms with Crippen LogP contribution in [0.5, 0.6) is 0 Å². The van der Waals surface area contributed by atoms with Crippen molar-refractivity contribution in [1.29, 1.82) is 0 Å². The number of hydrogen-bond acceptors (Lipinski definition) is 0. The SMILES string of the molecule is C=C1CC(C)=CC1C(C)C. The van der Waals surface area contributed by atoms with Crippen molar-refractivity contribution < 1.29 is 0 Å². The zero-order valence-electron chi connectivity index (χ0n) is 7.15. The van der Waals surface area contributed by atoms with Crippen LogP contribution in [0.25, 0.3) is 0 Å². The van der Waals surface area contributed by atoms with E-state index in [4.69, 9.17) is 0 Å². The standard InChI is InChI=1S/C10H16/c1-7(2)10-6-8(3)5-9(10)4/h6-7,10H,4-5H2,1-3H3. The molecule has 0 heteroatoms. The minimum Gasteiger partial charge on any atom is -0.0989 e. The van der Waals surface area contributed by atoms with Gasteiger partial charge in [0.25, 0.3) is 0 Å². The van der Waals surface area contributed by atoms with E-state index >= 15 is 0 Å². The van der Waals surface area contributed by atoms with Gasteiger partial charge in [0.05, 0.1) is 0 Å². The maximum atomic E-state index is 4.06. The topological polar surface area (TPSA) is 0 Å². The van der Waals surface area contributed by atoms with E-state index in [0.717, 1.165) is 12.3 Å². The Morgan fingerprint density at radius 1 is 1.60 bits per heavy atom. The first-order valence-electron chi connectivity index (χ1n) is 3.96. The van der Waals surface area contributed by atoms with Crippen molar-refractivity contribution in [3.05, 3.63) is 23.8 Å². The van der Waals surface area contributed by atoms with Crippen LogP contribution in [0.4, 0.5) is 0 Å². The molecule has 1 atom stereocenters. The van der Waals surface area contributed by atoms with E-state index in [9.17, 15) is 0 Å². The average Bonchev–Trinajstić information content (AvgIpc) is 2.10. The van der Waals surface area contributed by atoms with Crippen LogP contribution in [0.2, 0.25) is 0 Å². The Balaban J connectivity index is 2.69. The molecule has 56 valence electrons. The highest BCUT2D eigenvalue weighted by atomic mass is 14.2. The first-order chi connectivity index (χ1) is 4.61. The molecular weight excluding hydrogens is 120 g/mol. The van der Waals surface area contributed by atoms with Crippen molar-refractivity contribution in [3.63, 3.8) is 0 Å². The van der Waals surface area contributed by atoms with Crippen molar-refractivity contribution in [1.82, 2.24) is 0 Å². The zero-order chi connectivity index (χ0) is 7.72. The summed E-state index contributed by atoms with van der Waals surface area (Å²) in [5, 5.41) is 0. The van der Waals surface area contributed by atoms with Gasteiger partial charge < -0.3 is 0 Å². The Morgan fingerprint density at radius 2 is 2.20 bits per heavy atom. The lowest BCUT2D eigenvalue weighted by atomic mass is 9.92. The summed E-state index contributed by atoms with van der Waals surface area (Å²) in [5.41, 5.74) is 2.89. The van der Waals surface area contributed by atoms with Crippen molar-refractivity contribution in [2.24, 2.45) is 11.8 Å². The fraction of sp³-hybridized carbons (Fsp3) is 0.600. The largest absolute Gasteiger partial charge is 0.0989 e. The van der Waals surface area contributed by atoms with Crippen molar-refractivity contribution in [3.8, 4) is 0 Å². The van der Waals surface area contributed by atoms with Gasteiger partial charge >= 0.3 is 0 Å². The smallest absolute Gasteiger partial charge is 0.000296 e. The molecule has 1 unspecified atom stereocenters. The minimum absolute atomic E-state index is 0.653. The molecule has 0 fully saturated rings. The van der Waals surface area contributed by atoms with Gasteiger partial charge in [-0.05, 0) is 19.3 Å². The molecule has 0 heterocycles. The summed E-state index contributed by atoms with van der Waals surface area (Å²) in [4.78, 5) is 0. The second-order valence-electron chi connectivity index (χ2n) is 3.62. The molecule has 1 aliphatic carbocycles. The van der Waals surface area contributed by atoms with Crippen molar-refractivity contribution in [2.75, 3.05) is 0 Å². The molecule has 0 spiro atoms. The van der Waals surface area contributed by atoms with Gasteiger partial charge in [0.15, 0.2) is 0 Å². The van der Waals surface area contributed by atoms with E-state index in [-0.39, 0.29) is 0 Å². The van der Waals surface area contributed by atoms with E-state index in [1.807, 2.05) is 0 Å². The Kier molecular flexibility index (Phi) is 1.98.